The SMILES string of the molecule is COc1c(C)cc(Cl)cc1C(=O)CCO. The summed E-state index contributed by atoms with van der Waals surface area (Å²) >= 11 is 5.85. The largest absolute Gasteiger partial charge is 0.496 e. The van der Waals surface area contributed by atoms with Crippen LogP contribution in [0.1, 0.15) is 22.3 Å². The van der Waals surface area contributed by atoms with Crippen molar-refractivity contribution < 1.29 is 14.6 Å². The standard InChI is InChI=1S/C11H13ClO3/c1-7-5-8(12)6-9(11(7)15-2)10(14)3-4-13/h5-6,13H,3-4H2,1-2H3. The van der Waals surface area contributed by atoms with Crippen molar-refractivity contribution in [3.05, 3.63) is 28.3 Å². The van der Waals surface area contributed by atoms with Crippen LogP contribution in [0.3, 0.4) is 0 Å². The number of halogens is 1. The zero-order valence-corrected chi connectivity index (χ0v) is 9.47. The number of methoxy groups -OCH3 is 1. The van der Waals surface area contributed by atoms with Crippen molar-refractivity contribution in [1.29, 1.82) is 0 Å². The molecule has 4 heteroatoms. The molecule has 0 radical (unpaired) electrons. The minimum atomic E-state index is -0.173. The summed E-state index contributed by atoms with van der Waals surface area (Å²) in [6.45, 7) is 1.65. The first kappa shape index (κ1) is 12.0. The van der Waals surface area contributed by atoms with Gasteiger partial charge in [-0.05, 0) is 24.6 Å². The molecule has 0 amide bonds. The molecule has 1 rings (SSSR count). The van der Waals surface area contributed by atoms with Crippen LogP contribution in [0.4, 0.5) is 0 Å². The van der Waals surface area contributed by atoms with Gasteiger partial charge >= 0.3 is 0 Å². The maximum Gasteiger partial charge on any atom is 0.168 e. The molecule has 1 N–H and O–H groups in total. The average Bonchev–Trinajstić information content (AvgIpc) is 2.17. The van der Waals surface area contributed by atoms with Crippen LogP contribution in [0.15, 0.2) is 12.1 Å². The third kappa shape index (κ3) is 2.70. The van der Waals surface area contributed by atoms with Crippen LogP contribution in [0, 0.1) is 6.92 Å². The summed E-state index contributed by atoms with van der Waals surface area (Å²) < 4.78 is 5.14. The number of aryl methyl sites for hydroxylation is 1. The molecule has 0 bridgehead atoms. The van der Waals surface area contributed by atoms with Crippen molar-refractivity contribution in [1.82, 2.24) is 0 Å². The lowest BCUT2D eigenvalue weighted by atomic mass is 10.0. The number of ether oxygens (including phenoxy) is 1. The molecule has 0 saturated heterocycles. The van der Waals surface area contributed by atoms with Gasteiger partial charge in [-0.3, -0.25) is 4.79 Å². The number of hydrogen-bond donors (Lipinski definition) is 1. The number of ketones is 1. The average molecular weight is 229 g/mol. The van der Waals surface area contributed by atoms with Crippen LogP contribution in [0.2, 0.25) is 5.02 Å². The highest BCUT2D eigenvalue weighted by molar-refractivity contribution is 6.31. The Hall–Kier alpha value is -1.06. The number of benzene rings is 1. The number of carbonyl (C=O) groups is 1. The van der Waals surface area contributed by atoms with Gasteiger partial charge in [-0.25, -0.2) is 0 Å². The van der Waals surface area contributed by atoms with Crippen molar-refractivity contribution in [3.8, 4) is 5.75 Å². The summed E-state index contributed by atoms with van der Waals surface area (Å²) in [6, 6.07) is 3.29. The zero-order valence-electron chi connectivity index (χ0n) is 8.71. The van der Waals surface area contributed by atoms with Crippen LogP contribution < -0.4 is 4.74 Å². The molecule has 82 valence electrons. The Morgan fingerprint density at radius 1 is 1.53 bits per heavy atom. The highest BCUT2D eigenvalue weighted by Gasteiger charge is 2.14. The van der Waals surface area contributed by atoms with Gasteiger partial charge in [0, 0.05) is 11.4 Å². The fourth-order valence-electron chi connectivity index (χ4n) is 1.44. The Bertz CT molecular complexity index is 374. The monoisotopic (exact) mass is 228 g/mol. The molecule has 0 spiro atoms. The fourth-order valence-corrected chi connectivity index (χ4v) is 1.72. The lowest BCUT2D eigenvalue weighted by Crippen LogP contribution is -2.05. The minimum absolute atomic E-state index is 0.0795. The summed E-state index contributed by atoms with van der Waals surface area (Å²) in [6.07, 6.45) is 0.0795. The summed E-state index contributed by atoms with van der Waals surface area (Å²) in [7, 11) is 1.51. The molecule has 0 aromatic heterocycles. The molecular formula is C11H13ClO3. The minimum Gasteiger partial charge on any atom is -0.496 e. The maximum atomic E-state index is 11.6. The molecule has 1 aromatic rings. The molecule has 0 atom stereocenters. The first-order valence-electron chi connectivity index (χ1n) is 4.58. The fraction of sp³-hybridized carbons (Fsp3) is 0.364. The van der Waals surface area contributed by atoms with E-state index in [0.29, 0.717) is 16.3 Å². The van der Waals surface area contributed by atoms with Crippen molar-refractivity contribution >= 4 is 17.4 Å². The van der Waals surface area contributed by atoms with Crippen molar-refractivity contribution in [2.45, 2.75) is 13.3 Å². The quantitative estimate of drug-likeness (QED) is 0.804. The molecule has 0 aliphatic rings. The van der Waals surface area contributed by atoms with Gasteiger partial charge in [0.1, 0.15) is 5.75 Å². The van der Waals surface area contributed by atoms with E-state index in [-0.39, 0.29) is 18.8 Å². The predicted octanol–water partition coefficient (Wildman–Crippen LogP) is 2.22. The smallest absolute Gasteiger partial charge is 0.168 e. The third-order valence-electron chi connectivity index (χ3n) is 2.08. The van der Waals surface area contributed by atoms with Gasteiger partial charge in [-0.1, -0.05) is 11.6 Å². The second-order valence-electron chi connectivity index (χ2n) is 3.20. The molecule has 0 saturated carbocycles. The Morgan fingerprint density at radius 2 is 2.20 bits per heavy atom. The summed E-state index contributed by atoms with van der Waals surface area (Å²) in [5.74, 6) is 0.359. The van der Waals surface area contributed by atoms with E-state index in [2.05, 4.69) is 0 Å². The second kappa shape index (κ2) is 5.14. The highest BCUT2D eigenvalue weighted by Crippen LogP contribution is 2.28. The molecule has 0 fully saturated rings. The van der Waals surface area contributed by atoms with Crippen molar-refractivity contribution in [2.75, 3.05) is 13.7 Å². The first-order chi connectivity index (χ1) is 7.10. The molecule has 0 heterocycles. The molecular weight excluding hydrogens is 216 g/mol. The molecule has 15 heavy (non-hydrogen) atoms. The molecule has 3 nitrogen and oxygen atoms in total. The van der Waals surface area contributed by atoms with E-state index in [1.807, 2.05) is 6.92 Å². The van der Waals surface area contributed by atoms with E-state index in [9.17, 15) is 4.79 Å². The second-order valence-corrected chi connectivity index (χ2v) is 3.64. The van der Waals surface area contributed by atoms with Crippen LogP contribution >= 0.6 is 11.6 Å². The van der Waals surface area contributed by atoms with E-state index < -0.39 is 0 Å². The number of rotatable bonds is 4. The van der Waals surface area contributed by atoms with Crippen LogP contribution in [-0.4, -0.2) is 24.6 Å². The molecule has 1 aromatic carbocycles. The Labute approximate surface area is 93.6 Å². The molecule has 0 aliphatic heterocycles. The lowest BCUT2D eigenvalue weighted by molar-refractivity contribution is 0.0953. The number of hydrogen-bond acceptors (Lipinski definition) is 3. The number of carbonyl (C=O) groups excluding carboxylic acids is 1. The first-order valence-corrected chi connectivity index (χ1v) is 4.96. The van der Waals surface area contributed by atoms with E-state index in [0.717, 1.165) is 5.56 Å². The summed E-state index contributed by atoms with van der Waals surface area (Å²) in [5, 5.41) is 9.20. The maximum absolute atomic E-state index is 11.6. The van der Waals surface area contributed by atoms with E-state index >= 15 is 0 Å². The van der Waals surface area contributed by atoms with Crippen LogP contribution in [-0.2, 0) is 0 Å². The van der Waals surface area contributed by atoms with Gasteiger partial charge in [-0.2, -0.15) is 0 Å². The molecule has 0 unspecified atom stereocenters. The number of aliphatic hydroxyl groups is 1. The van der Waals surface area contributed by atoms with Gasteiger partial charge in [0.15, 0.2) is 5.78 Å². The summed E-state index contributed by atoms with van der Waals surface area (Å²) in [5.41, 5.74) is 1.24. The van der Waals surface area contributed by atoms with Gasteiger partial charge in [-0.15, -0.1) is 0 Å². The summed E-state index contributed by atoms with van der Waals surface area (Å²) in [4.78, 5) is 11.6. The van der Waals surface area contributed by atoms with E-state index in [1.165, 1.54) is 7.11 Å². The van der Waals surface area contributed by atoms with Crippen molar-refractivity contribution in [3.63, 3.8) is 0 Å². The Morgan fingerprint density at radius 3 is 2.73 bits per heavy atom. The Kier molecular flexibility index (Phi) is 4.12. The van der Waals surface area contributed by atoms with Gasteiger partial charge < -0.3 is 9.84 Å². The molecule has 0 aliphatic carbocycles. The van der Waals surface area contributed by atoms with Crippen LogP contribution in [0.25, 0.3) is 0 Å². The van der Waals surface area contributed by atoms with Gasteiger partial charge in [0.25, 0.3) is 0 Å². The zero-order chi connectivity index (χ0) is 11.4. The predicted molar refractivity (Wildman–Crippen MR) is 58.8 cm³/mol. The van der Waals surface area contributed by atoms with Gasteiger partial charge in [0.2, 0.25) is 0 Å². The number of aliphatic hydroxyl groups excluding tert-OH is 1. The normalized spacial score (nSPS) is 10.1. The van der Waals surface area contributed by atoms with Crippen molar-refractivity contribution in [2.24, 2.45) is 0 Å². The number of Topliss-reactive ketones (excluding diaryl/α,β-unsaturated/α-hetero) is 1. The topological polar surface area (TPSA) is 46.5 Å². The Balaban J connectivity index is 3.20. The lowest BCUT2D eigenvalue weighted by Gasteiger charge is -2.10. The van der Waals surface area contributed by atoms with E-state index in [4.69, 9.17) is 21.4 Å². The van der Waals surface area contributed by atoms with Crippen LogP contribution in [0.5, 0.6) is 5.75 Å². The third-order valence-corrected chi connectivity index (χ3v) is 2.30. The van der Waals surface area contributed by atoms with E-state index in [1.54, 1.807) is 12.1 Å². The van der Waals surface area contributed by atoms with Gasteiger partial charge in [0.05, 0.1) is 19.3 Å². The highest BCUT2D eigenvalue weighted by atomic mass is 35.5.